The van der Waals surface area contributed by atoms with Crippen LogP contribution in [0.2, 0.25) is 5.15 Å². The van der Waals surface area contributed by atoms with Crippen molar-refractivity contribution in [3.63, 3.8) is 0 Å². The second-order valence-electron chi connectivity index (χ2n) is 4.42. The molecule has 0 N–H and O–H groups in total. The Morgan fingerprint density at radius 1 is 1.28 bits per heavy atom. The second kappa shape index (κ2) is 6.31. The SMILES string of the molecule is COCCN1CCN(c2cc(Cl)nc(C)n2)CC1. The zero-order valence-corrected chi connectivity index (χ0v) is 11.7. The van der Waals surface area contributed by atoms with E-state index in [2.05, 4.69) is 19.8 Å². The second-order valence-corrected chi connectivity index (χ2v) is 4.80. The van der Waals surface area contributed by atoms with Crippen LogP contribution in [0.1, 0.15) is 5.82 Å². The average molecular weight is 271 g/mol. The minimum Gasteiger partial charge on any atom is -0.383 e. The third-order valence-corrected chi connectivity index (χ3v) is 3.29. The Hall–Kier alpha value is -0.910. The van der Waals surface area contributed by atoms with Crippen LogP contribution in [0.25, 0.3) is 0 Å². The molecule has 1 saturated heterocycles. The Kier molecular flexibility index (Phi) is 4.74. The molecule has 18 heavy (non-hydrogen) atoms. The molecule has 1 aromatic rings. The highest BCUT2D eigenvalue weighted by Gasteiger charge is 2.18. The molecule has 1 aromatic heterocycles. The molecule has 1 fully saturated rings. The Morgan fingerprint density at radius 2 is 2.00 bits per heavy atom. The fourth-order valence-electron chi connectivity index (χ4n) is 2.10. The molecular weight excluding hydrogens is 252 g/mol. The van der Waals surface area contributed by atoms with Crippen LogP contribution in [0.15, 0.2) is 6.07 Å². The summed E-state index contributed by atoms with van der Waals surface area (Å²) in [6.45, 7) is 7.65. The van der Waals surface area contributed by atoms with Gasteiger partial charge in [0.1, 0.15) is 16.8 Å². The lowest BCUT2D eigenvalue weighted by Gasteiger charge is -2.35. The van der Waals surface area contributed by atoms with Crippen molar-refractivity contribution in [1.82, 2.24) is 14.9 Å². The van der Waals surface area contributed by atoms with Crippen LogP contribution >= 0.6 is 11.6 Å². The van der Waals surface area contributed by atoms with Crippen molar-refractivity contribution < 1.29 is 4.74 Å². The van der Waals surface area contributed by atoms with Gasteiger partial charge >= 0.3 is 0 Å². The first-order valence-electron chi connectivity index (χ1n) is 6.16. The number of rotatable bonds is 4. The summed E-state index contributed by atoms with van der Waals surface area (Å²) in [4.78, 5) is 13.2. The molecule has 0 aliphatic carbocycles. The highest BCUT2D eigenvalue weighted by molar-refractivity contribution is 6.29. The van der Waals surface area contributed by atoms with Crippen LogP contribution in [0.4, 0.5) is 5.82 Å². The van der Waals surface area contributed by atoms with E-state index in [4.69, 9.17) is 16.3 Å². The van der Waals surface area contributed by atoms with Gasteiger partial charge in [-0.25, -0.2) is 9.97 Å². The molecule has 1 aliphatic heterocycles. The van der Waals surface area contributed by atoms with Gasteiger partial charge in [-0.3, -0.25) is 4.90 Å². The standard InChI is InChI=1S/C12H19ClN4O/c1-10-14-11(13)9-12(15-10)17-5-3-16(4-6-17)7-8-18-2/h9H,3-8H2,1-2H3. The number of aryl methyl sites for hydroxylation is 1. The van der Waals surface area contributed by atoms with Crippen molar-refractivity contribution in [2.45, 2.75) is 6.92 Å². The molecule has 0 atom stereocenters. The number of hydrogen-bond acceptors (Lipinski definition) is 5. The first-order chi connectivity index (χ1) is 8.69. The smallest absolute Gasteiger partial charge is 0.134 e. The molecule has 6 heteroatoms. The van der Waals surface area contributed by atoms with Crippen LogP contribution in [-0.4, -0.2) is 61.3 Å². The maximum atomic E-state index is 5.96. The number of piperazine rings is 1. The number of methoxy groups -OCH3 is 1. The number of aromatic nitrogens is 2. The van der Waals surface area contributed by atoms with Crippen LogP contribution < -0.4 is 4.90 Å². The van der Waals surface area contributed by atoms with Crippen LogP contribution in [-0.2, 0) is 4.74 Å². The van der Waals surface area contributed by atoms with Crippen LogP contribution in [0.5, 0.6) is 0 Å². The van der Waals surface area contributed by atoms with E-state index < -0.39 is 0 Å². The summed E-state index contributed by atoms with van der Waals surface area (Å²) in [5.74, 6) is 1.65. The van der Waals surface area contributed by atoms with Crippen LogP contribution in [0, 0.1) is 6.92 Å². The van der Waals surface area contributed by atoms with Crippen molar-refractivity contribution in [2.24, 2.45) is 0 Å². The van der Waals surface area contributed by atoms with E-state index in [1.165, 1.54) is 0 Å². The first-order valence-corrected chi connectivity index (χ1v) is 6.54. The molecule has 1 aliphatic rings. The molecule has 2 heterocycles. The zero-order valence-electron chi connectivity index (χ0n) is 10.9. The van der Waals surface area contributed by atoms with Gasteiger partial charge in [0.25, 0.3) is 0 Å². The van der Waals surface area contributed by atoms with E-state index in [0.29, 0.717) is 5.15 Å². The van der Waals surface area contributed by atoms with Gasteiger partial charge in [-0.1, -0.05) is 11.6 Å². The maximum absolute atomic E-state index is 5.96. The maximum Gasteiger partial charge on any atom is 0.134 e. The lowest BCUT2D eigenvalue weighted by Crippen LogP contribution is -2.47. The summed E-state index contributed by atoms with van der Waals surface area (Å²) in [5, 5.41) is 0.513. The lowest BCUT2D eigenvalue weighted by molar-refractivity contribution is 0.144. The van der Waals surface area contributed by atoms with Crippen molar-refractivity contribution in [2.75, 3.05) is 51.3 Å². The average Bonchev–Trinajstić information content (AvgIpc) is 2.36. The molecule has 0 aromatic carbocycles. The van der Waals surface area contributed by atoms with Gasteiger partial charge in [0, 0.05) is 45.9 Å². The van der Waals surface area contributed by atoms with Gasteiger partial charge in [0.05, 0.1) is 6.61 Å². The fourth-order valence-corrected chi connectivity index (χ4v) is 2.32. The highest BCUT2D eigenvalue weighted by Crippen LogP contribution is 2.17. The van der Waals surface area contributed by atoms with Crippen molar-refractivity contribution in [3.05, 3.63) is 17.0 Å². The molecule has 0 amide bonds. The quantitative estimate of drug-likeness (QED) is 0.770. The largest absolute Gasteiger partial charge is 0.383 e. The molecular formula is C12H19ClN4O. The first kappa shape index (κ1) is 13.5. The van der Waals surface area contributed by atoms with E-state index in [9.17, 15) is 0 Å². The van der Waals surface area contributed by atoms with E-state index in [-0.39, 0.29) is 0 Å². The summed E-state index contributed by atoms with van der Waals surface area (Å²) < 4.78 is 5.09. The minimum atomic E-state index is 0.513. The molecule has 0 radical (unpaired) electrons. The van der Waals surface area contributed by atoms with E-state index in [1.807, 2.05) is 13.0 Å². The fraction of sp³-hybridized carbons (Fsp3) is 0.667. The number of ether oxygens (including phenoxy) is 1. The number of hydrogen-bond donors (Lipinski definition) is 0. The summed E-state index contributed by atoms with van der Waals surface area (Å²) >= 11 is 5.96. The predicted octanol–water partition coefficient (Wildman–Crippen LogP) is 1.21. The Bertz CT molecular complexity index is 373. The third kappa shape index (κ3) is 3.54. The van der Waals surface area contributed by atoms with Crippen molar-refractivity contribution in [3.8, 4) is 0 Å². The van der Waals surface area contributed by atoms with Crippen molar-refractivity contribution in [1.29, 1.82) is 0 Å². The summed E-state index contributed by atoms with van der Waals surface area (Å²) in [5.41, 5.74) is 0. The zero-order chi connectivity index (χ0) is 13.0. The van der Waals surface area contributed by atoms with Gasteiger partial charge < -0.3 is 9.64 Å². The van der Waals surface area contributed by atoms with Gasteiger partial charge in [-0.15, -0.1) is 0 Å². The summed E-state index contributed by atoms with van der Waals surface area (Å²) in [6, 6.07) is 1.83. The van der Waals surface area contributed by atoms with E-state index in [0.717, 1.165) is 51.0 Å². The molecule has 0 bridgehead atoms. The van der Waals surface area contributed by atoms with Crippen LogP contribution in [0.3, 0.4) is 0 Å². The van der Waals surface area contributed by atoms with Gasteiger partial charge in [0.15, 0.2) is 0 Å². The normalized spacial score (nSPS) is 17.2. The molecule has 0 saturated carbocycles. The summed E-state index contributed by atoms with van der Waals surface area (Å²) in [7, 11) is 1.74. The van der Waals surface area contributed by atoms with Gasteiger partial charge in [0.2, 0.25) is 0 Å². The van der Waals surface area contributed by atoms with E-state index >= 15 is 0 Å². The highest BCUT2D eigenvalue weighted by atomic mass is 35.5. The molecule has 2 rings (SSSR count). The lowest BCUT2D eigenvalue weighted by atomic mass is 10.3. The molecule has 100 valence electrons. The van der Waals surface area contributed by atoms with Gasteiger partial charge in [-0.05, 0) is 6.92 Å². The monoisotopic (exact) mass is 270 g/mol. The van der Waals surface area contributed by atoms with E-state index in [1.54, 1.807) is 7.11 Å². The third-order valence-electron chi connectivity index (χ3n) is 3.10. The Balaban J connectivity index is 1.92. The Labute approximate surface area is 113 Å². The van der Waals surface area contributed by atoms with Crippen molar-refractivity contribution >= 4 is 17.4 Å². The molecule has 5 nitrogen and oxygen atoms in total. The Morgan fingerprint density at radius 3 is 2.61 bits per heavy atom. The number of halogens is 1. The minimum absolute atomic E-state index is 0.513. The molecule has 0 unspecified atom stereocenters. The predicted molar refractivity (Wildman–Crippen MR) is 72.3 cm³/mol. The molecule has 0 spiro atoms. The van der Waals surface area contributed by atoms with Gasteiger partial charge in [-0.2, -0.15) is 0 Å². The topological polar surface area (TPSA) is 41.5 Å². The summed E-state index contributed by atoms with van der Waals surface area (Å²) in [6.07, 6.45) is 0. The number of nitrogens with zero attached hydrogens (tertiary/aromatic N) is 4. The number of anilines is 1.